The predicted molar refractivity (Wildman–Crippen MR) is 114 cm³/mol. The monoisotopic (exact) mass is 398 g/mol. The third-order valence-corrected chi connectivity index (χ3v) is 5.44. The van der Waals surface area contributed by atoms with Crippen molar-refractivity contribution >= 4 is 5.69 Å². The lowest BCUT2D eigenvalue weighted by Gasteiger charge is -2.44. The Kier molecular flexibility index (Phi) is 7.32. The summed E-state index contributed by atoms with van der Waals surface area (Å²) in [7, 11) is 0. The molecule has 0 amide bonds. The van der Waals surface area contributed by atoms with Crippen LogP contribution in [0, 0.1) is 22.7 Å². The van der Waals surface area contributed by atoms with Gasteiger partial charge in [0.15, 0.2) is 5.69 Å². The van der Waals surface area contributed by atoms with Gasteiger partial charge in [-0.25, -0.2) is 4.79 Å². The topological polar surface area (TPSA) is 119 Å². The average Bonchev–Trinajstić information content (AvgIpc) is 2.68. The molecule has 0 spiro atoms. The Hall–Kier alpha value is -2.95. The molecule has 29 heavy (non-hydrogen) atoms. The molecule has 0 aromatic carbocycles. The number of nitrogens with zero attached hydrogens (tertiary/aromatic N) is 4. The van der Waals surface area contributed by atoms with E-state index in [1.807, 2.05) is 0 Å². The van der Waals surface area contributed by atoms with Crippen molar-refractivity contribution in [1.82, 2.24) is 20.2 Å². The van der Waals surface area contributed by atoms with E-state index in [1.54, 1.807) is 6.07 Å². The maximum atomic E-state index is 12.1. The summed E-state index contributed by atoms with van der Waals surface area (Å²) in [6, 6.07) is 3.80. The van der Waals surface area contributed by atoms with Gasteiger partial charge in [-0.1, -0.05) is 41.0 Å². The van der Waals surface area contributed by atoms with Gasteiger partial charge in [-0.05, 0) is 30.2 Å². The van der Waals surface area contributed by atoms with Crippen LogP contribution in [0.15, 0.2) is 21.9 Å². The van der Waals surface area contributed by atoms with Crippen LogP contribution in [-0.2, 0) is 0 Å². The Labute approximate surface area is 171 Å². The van der Waals surface area contributed by atoms with E-state index in [2.05, 4.69) is 65.8 Å². The Morgan fingerprint density at radius 2 is 2.00 bits per heavy atom. The summed E-state index contributed by atoms with van der Waals surface area (Å²) in [6.07, 6.45) is 4.72. The van der Waals surface area contributed by atoms with Gasteiger partial charge >= 0.3 is 5.69 Å². The average molecular weight is 399 g/mol. The normalized spacial score (nSPS) is 18.7. The van der Waals surface area contributed by atoms with E-state index in [0.29, 0.717) is 17.3 Å². The van der Waals surface area contributed by atoms with Crippen LogP contribution in [0.3, 0.4) is 0 Å². The molecule has 3 rings (SSSR count). The summed E-state index contributed by atoms with van der Waals surface area (Å²) in [5.74, 6) is 0.507. The molecule has 3 heterocycles. The molecule has 1 atom stereocenters. The molecule has 1 fully saturated rings. The fraction of sp³-hybridized carbons (Fsp3) is 0.571. The zero-order valence-electron chi connectivity index (χ0n) is 17.9. The molecule has 1 unspecified atom stereocenters. The highest BCUT2D eigenvalue weighted by Gasteiger charge is 2.35. The van der Waals surface area contributed by atoms with Crippen molar-refractivity contribution in [3.05, 3.63) is 38.8 Å². The fourth-order valence-corrected chi connectivity index (χ4v) is 3.38. The minimum absolute atomic E-state index is 0.143. The summed E-state index contributed by atoms with van der Waals surface area (Å²) in [6.45, 7) is 12.6. The van der Waals surface area contributed by atoms with Crippen LogP contribution < -0.4 is 16.1 Å². The maximum absolute atomic E-state index is 12.1. The zero-order valence-corrected chi connectivity index (χ0v) is 17.9. The quantitative estimate of drug-likeness (QED) is 0.820. The van der Waals surface area contributed by atoms with Crippen molar-refractivity contribution in [1.29, 1.82) is 5.26 Å². The lowest BCUT2D eigenvalue weighted by Crippen LogP contribution is -2.44. The van der Waals surface area contributed by atoms with Crippen molar-refractivity contribution in [2.45, 2.75) is 53.9 Å². The van der Waals surface area contributed by atoms with Crippen LogP contribution in [-0.4, -0.2) is 33.3 Å². The summed E-state index contributed by atoms with van der Waals surface area (Å²) >= 11 is 0. The lowest BCUT2D eigenvalue weighted by atomic mass is 9.73. The van der Waals surface area contributed by atoms with Gasteiger partial charge in [0.25, 0.3) is 5.56 Å². The van der Waals surface area contributed by atoms with E-state index in [1.165, 1.54) is 12.6 Å². The molecule has 0 aliphatic carbocycles. The maximum Gasteiger partial charge on any atom is 0.325 e. The SMILES string of the molecule is CC(C)C1(C)CCCN(c2cc(-c3c[nH]c(=O)[nH]c3=O)nnc2C#N)C1.CCC. The van der Waals surface area contributed by atoms with Gasteiger partial charge < -0.3 is 9.88 Å². The van der Waals surface area contributed by atoms with Crippen LogP contribution in [0.2, 0.25) is 0 Å². The minimum Gasteiger partial charge on any atom is -0.369 e. The highest BCUT2D eigenvalue weighted by atomic mass is 16.2. The van der Waals surface area contributed by atoms with Gasteiger partial charge in [-0.2, -0.15) is 5.26 Å². The van der Waals surface area contributed by atoms with E-state index in [4.69, 9.17) is 0 Å². The van der Waals surface area contributed by atoms with Gasteiger partial charge in [0.2, 0.25) is 0 Å². The number of nitriles is 1. The number of hydrogen-bond acceptors (Lipinski definition) is 6. The highest BCUT2D eigenvalue weighted by molar-refractivity contribution is 5.66. The van der Waals surface area contributed by atoms with E-state index >= 15 is 0 Å². The summed E-state index contributed by atoms with van der Waals surface area (Å²) in [4.78, 5) is 30.0. The molecule has 0 bridgehead atoms. The first-order chi connectivity index (χ1) is 13.8. The number of anilines is 1. The number of rotatable bonds is 3. The minimum atomic E-state index is -0.579. The molecule has 8 nitrogen and oxygen atoms in total. The van der Waals surface area contributed by atoms with Crippen molar-refractivity contribution < 1.29 is 0 Å². The van der Waals surface area contributed by atoms with Gasteiger partial charge in [0.05, 0.1) is 11.3 Å². The number of H-pyrrole nitrogens is 2. The molecule has 8 heteroatoms. The van der Waals surface area contributed by atoms with Crippen LogP contribution in [0.25, 0.3) is 11.3 Å². The molecule has 0 saturated carbocycles. The Morgan fingerprint density at radius 3 is 2.59 bits per heavy atom. The highest BCUT2D eigenvalue weighted by Crippen LogP contribution is 2.39. The largest absolute Gasteiger partial charge is 0.369 e. The van der Waals surface area contributed by atoms with Crippen molar-refractivity contribution in [2.24, 2.45) is 11.3 Å². The van der Waals surface area contributed by atoms with Gasteiger partial charge in [-0.15, -0.1) is 10.2 Å². The van der Waals surface area contributed by atoms with E-state index in [0.717, 1.165) is 25.9 Å². The summed E-state index contributed by atoms with van der Waals surface area (Å²) in [5, 5.41) is 17.4. The third-order valence-electron chi connectivity index (χ3n) is 5.44. The molecule has 1 aliphatic heterocycles. The first-order valence-electron chi connectivity index (χ1n) is 10.1. The van der Waals surface area contributed by atoms with Crippen LogP contribution in [0.4, 0.5) is 5.69 Å². The predicted octanol–water partition coefficient (Wildman–Crippen LogP) is 3.07. The van der Waals surface area contributed by atoms with E-state index in [-0.39, 0.29) is 16.7 Å². The molecule has 0 radical (unpaired) electrons. The summed E-state index contributed by atoms with van der Waals surface area (Å²) in [5.41, 5.74) is 0.481. The Morgan fingerprint density at radius 1 is 1.31 bits per heavy atom. The Bertz CT molecular complexity index is 988. The van der Waals surface area contributed by atoms with Gasteiger partial charge in [0, 0.05) is 19.3 Å². The van der Waals surface area contributed by atoms with Gasteiger partial charge in [0.1, 0.15) is 11.8 Å². The molecular formula is C21H30N6O2. The lowest BCUT2D eigenvalue weighted by molar-refractivity contribution is 0.178. The second kappa shape index (κ2) is 9.50. The molecule has 2 N–H and O–H groups in total. The molecule has 1 aliphatic rings. The zero-order chi connectivity index (χ0) is 21.6. The number of nitrogens with one attached hydrogen (secondary N) is 2. The number of hydrogen-bond donors (Lipinski definition) is 2. The van der Waals surface area contributed by atoms with Crippen molar-refractivity contribution in [3.8, 4) is 17.3 Å². The van der Waals surface area contributed by atoms with Gasteiger partial charge in [-0.3, -0.25) is 9.78 Å². The Balaban J connectivity index is 0.000000941. The summed E-state index contributed by atoms with van der Waals surface area (Å²) < 4.78 is 0. The number of aromatic amines is 2. The first-order valence-corrected chi connectivity index (χ1v) is 10.1. The number of aromatic nitrogens is 4. The molecule has 1 saturated heterocycles. The number of piperidine rings is 1. The van der Waals surface area contributed by atoms with Crippen LogP contribution in [0.5, 0.6) is 0 Å². The second-order valence-corrected chi connectivity index (χ2v) is 8.10. The molecule has 156 valence electrons. The smallest absolute Gasteiger partial charge is 0.325 e. The molecule has 2 aromatic rings. The van der Waals surface area contributed by atoms with Crippen molar-refractivity contribution in [2.75, 3.05) is 18.0 Å². The molecular weight excluding hydrogens is 368 g/mol. The van der Waals surface area contributed by atoms with E-state index < -0.39 is 11.2 Å². The van der Waals surface area contributed by atoms with Crippen LogP contribution in [0.1, 0.15) is 59.6 Å². The second-order valence-electron chi connectivity index (χ2n) is 8.10. The fourth-order valence-electron chi connectivity index (χ4n) is 3.38. The van der Waals surface area contributed by atoms with E-state index in [9.17, 15) is 14.9 Å². The molecule has 2 aromatic heterocycles. The standard InChI is InChI=1S/C18H22N6O2.C3H8/c1-11(2)18(3)5-4-6-24(10-18)15-7-13(22-23-14(15)8-19)12-9-20-17(26)21-16(12)25;1-3-2/h7,9,11H,4-6,10H2,1-3H3,(H2,20,21,25,26);3H2,1-2H3. The first kappa shape index (κ1) is 22.3. The van der Waals surface area contributed by atoms with Crippen molar-refractivity contribution in [3.63, 3.8) is 0 Å². The van der Waals surface area contributed by atoms with Crippen LogP contribution >= 0.6 is 0 Å². The third kappa shape index (κ3) is 5.11.